The molecule has 0 aromatic carbocycles. The zero-order chi connectivity index (χ0) is 13.1. The van der Waals surface area contributed by atoms with E-state index in [-0.39, 0.29) is 11.4 Å². The number of aromatic nitrogens is 1. The summed E-state index contributed by atoms with van der Waals surface area (Å²) in [6.07, 6.45) is 1.77. The Kier molecular flexibility index (Phi) is 3.81. The minimum Gasteiger partial charge on any atom is -0.505 e. The summed E-state index contributed by atoms with van der Waals surface area (Å²) in [5.74, 6) is -0.643. The van der Waals surface area contributed by atoms with Gasteiger partial charge in [0.15, 0.2) is 11.4 Å². The lowest BCUT2D eigenvalue weighted by Gasteiger charge is -2.07. The predicted octanol–water partition coefficient (Wildman–Crippen LogP) is 3.27. The summed E-state index contributed by atoms with van der Waals surface area (Å²) >= 11 is 1.50. The van der Waals surface area contributed by atoms with Crippen molar-refractivity contribution < 1.29 is 14.6 Å². The smallest absolute Gasteiger partial charge is 0.360 e. The first-order valence-electron chi connectivity index (χ1n) is 5.89. The van der Waals surface area contributed by atoms with E-state index in [0.29, 0.717) is 12.0 Å². The number of carbonyl (C=O) groups excluding carboxylic acids is 1. The van der Waals surface area contributed by atoms with Crippen molar-refractivity contribution in [3.63, 3.8) is 0 Å². The van der Waals surface area contributed by atoms with Gasteiger partial charge in [-0.3, -0.25) is 0 Å². The molecule has 0 aliphatic carbocycles. The van der Waals surface area contributed by atoms with Crippen LogP contribution in [0.15, 0.2) is 11.4 Å². The molecule has 2 aromatic rings. The Balaban J connectivity index is 2.33. The predicted molar refractivity (Wildman–Crippen MR) is 71.2 cm³/mol. The number of carbonyl (C=O) groups is 1. The molecule has 0 bridgehead atoms. The van der Waals surface area contributed by atoms with Crippen LogP contribution in [0.25, 0.3) is 10.1 Å². The summed E-state index contributed by atoms with van der Waals surface area (Å²) in [7, 11) is 0. The normalized spacial score (nSPS) is 10.8. The van der Waals surface area contributed by atoms with Gasteiger partial charge in [0.2, 0.25) is 0 Å². The van der Waals surface area contributed by atoms with E-state index in [9.17, 15) is 9.90 Å². The minimum absolute atomic E-state index is 0.00880. The van der Waals surface area contributed by atoms with E-state index in [2.05, 4.69) is 4.98 Å². The molecule has 2 aromatic heterocycles. The molecular weight excluding hydrogens is 250 g/mol. The number of hydrogen-bond acceptors (Lipinski definition) is 5. The van der Waals surface area contributed by atoms with E-state index < -0.39 is 5.97 Å². The maximum Gasteiger partial charge on any atom is 0.360 e. The van der Waals surface area contributed by atoms with Gasteiger partial charge in [-0.1, -0.05) is 13.3 Å². The molecule has 0 amide bonds. The van der Waals surface area contributed by atoms with Crippen molar-refractivity contribution in [2.75, 3.05) is 6.61 Å². The number of aromatic hydroxyl groups is 1. The summed E-state index contributed by atoms with van der Waals surface area (Å²) in [6, 6.07) is 1.78. The quantitative estimate of drug-likeness (QED) is 0.681. The van der Waals surface area contributed by atoms with Crippen molar-refractivity contribution in [1.29, 1.82) is 0 Å². The van der Waals surface area contributed by atoms with Gasteiger partial charge in [0.25, 0.3) is 0 Å². The topological polar surface area (TPSA) is 59.4 Å². The third-order valence-corrected chi connectivity index (χ3v) is 3.70. The number of nitrogens with zero attached hydrogens (tertiary/aromatic N) is 1. The summed E-state index contributed by atoms with van der Waals surface area (Å²) < 4.78 is 5.97. The molecule has 5 heteroatoms. The zero-order valence-electron chi connectivity index (χ0n) is 10.4. The van der Waals surface area contributed by atoms with Crippen LogP contribution in [0.4, 0.5) is 0 Å². The maximum absolute atomic E-state index is 11.8. The number of hydrogen-bond donors (Lipinski definition) is 1. The Hall–Kier alpha value is -1.62. The van der Waals surface area contributed by atoms with Crippen LogP contribution in [0.1, 0.15) is 35.9 Å². The highest BCUT2D eigenvalue weighted by Crippen LogP contribution is 2.33. The van der Waals surface area contributed by atoms with Crippen LogP contribution in [0.5, 0.6) is 5.75 Å². The molecule has 0 aliphatic heterocycles. The number of rotatable bonds is 4. The van der Waals surface area contributed by atoms with Gasteiger partial charge in [-0.25, -0.2) is 9.78 Å². The zero-order valence-corrected chi connectivity index (χ0v) is 11.2. The van der Waals surface area contributed by atoms with Crippen LogP contribution in [0.2, 0.25) is 0 Å². The van der Waals surface area contributed by atoms with Crippen LogP contribution in [0.3, 0.4) is 0 Å². The first kappa shape index (κ1) is 12.8. The lowest BCUT2D eigenvalue weighted by atomic mass is 10.2. The van der Waals surface area contributed by atoms with Crippen LogP contribution in [0, 0.1) is 6.92 Å². The fourth-order valence-corrected chi connectivity index (χ4v) is 2.54. The molecule has 0 unspecified atom stereocenters. The molecule has 2 rings (SSSR count). The second-order valence-corrected chi connectivity index (χ2v) is 4.96. The van der Waals surface area contributed by atoms with E-state index in [0.717, 1.165) is 23.2 Å². The largest absolute Gasteiger partial charge is 0.505 e. The molecule has 1 N–H and O–H groups in total. The average Bonchev–Trinajstić information content (AvgIpc) is 2.84. The SMILES string of the molecule is CCCCOC(=O)c1nc(C)c2sccc2c1O. The van der Waals surface area contributed by atoms with E-state index in [1.165, 1.54) is 11.3 Å². The fraction of sp³-hybridized carbons (Fsp3) is 0.385. The number of pyridine rings is 1. The molecule has 96 valence electrons. The molecule has 0 atom stereocenters. The molecule has 4 nitrogen and oxygen atoms in total. The number of esters is 1. The molecule has 0 saturated heterocycles. The van der Waals surface area contributed by atoms with Crippen molar-refractivity contribution in [3.05, 3.63) is 22.8 Å². The van der Waals surface area contributed by atoms with Crippen LogP contribution < -0.4 is 0 Å². The van der Waals surface area contributed by atoms with Gasteiger partial charge in [-0.05, 0) is 24.8 Å². The number of unbranched alkanes of at least 4 members (excludes halogenated alkanes) is 1. The Labute approximate surface area is 109 Å². The number of thiophene rings is 1. The van der Waals surface area contributed by atoms with E-state index in [4.69, 9.17) is 4.74 Å². The summed E-state index contributed by atoms with van der Waals surface area (Å²) in [5, 5.41) is 12.6. The molecule has 0 saturated carbocycles. The van der Waals surface area contributed by atoms with Gasteiger partial charge >= 0.3 is 5.97 Å². The van der Waals surface area contributed by atoms with Crippen LogP contribution >= 0.6 is 11.3 Å². The molecule has 0 radical (unpaired) electrons. The molecular formula is C13H15NO3S. The third-order valence-electron chi connectivity index (χ3n) is 2.68. The Morgan fingerprint density at radius 2 is 2.33 bits per heavy atom. The standard InChI is InChI=1S/C13H15NO3S/c1-3-4-6-17-13(16)10-11(15)9-5-7-18-12(9)8(2)14-10/h5,7,15H,3-4,6H2,1-2H3. The second-order valence-electron chi connectivity index (χ2n) is 4.05. The van der Waals surface area contributed by atoms with Gasteiger partial charge in [0.1, 0.15) is 0 Å². The average molecular weight is 265 g/mol. The van der Waals surface area contributed by atoms with Crippen molar-refractivity contribution in [2.24, 2.45) is 0 Å². The van der Waals surface area contributed by atoms with Crippen molar-refractivity contribution in [3.8, 4) is 5.75 Å². The highest BCUT2D eigenvalue weighted by molar-refractivity contribution is 7.17. The second kappa shape index (κ2) is 5.35. The molecule has 0 spiro atoms. The molecule has 0 aliphatic rings. The monoisotopic (exact) mass is 265 g/mol. The Morgan fingerprint density at radius 3 is 3.06 bits per heavy atom. The fourth-order valence-electron chi connectivity index (χ4n) is 1.69. The molecule has 18 heavy (non-hydrogen) atoms. The number of fused-ring (bicyclic) bond motifs is 1. The van der Waals surface area contributed by atoms with Gasteiger partial charge < -0.3 is 9.84 Å². The van der Waals surface area contributed by atoms with E-state index >= 15 is 0 Å². The van der Waals surface area contributed by atoms with Gasteiger partial charge in [-0.2, -0.15) is 0 Å². The van der Waals surface area contributed by atoms with Gasteiger partial charge in [-0.15, -0.1) is 11.3 Å². The molecule has 0 fully saturated rings. The van der Waals surface area contributed by atoms with Crippen molar-refractivity contribution >= 4 is 27.4 Å². The van der Waals surface area contributed by atoms with Crippen LogP contribution in [-0.4, -0.2) is 22.7 Å². The highest BCUT2D eigenvalue weighted by Gasteiger charge is 2.19. The Morgan fingerprint density at radius 1 is 1.56 bits per heavy atom. The van der Waals surface area contributed by atoms with Gasteiger partial charge in [0, 0.05) is 5.39 Å². The lowest BCUT2D eigenvalue weighted by Crippen LogP contribution is -2.09. The van der Waals surface area contributed by atoms with Crippen molar-refractivity contribution in [2.45, 2.75) is 26.7 Å². The highest BCUT2D eigenvalue weighted by atomic mass is 32.1. The van der Waals surface area contributed by atoms with Gasteiger partial charge in [0.05, 0.1) is 17.0 Å². The summed E-state index contributed by atoms with van der Waals surface area (Å²) in [4.78, 5) is 16.0. The number of aryl methyl sites for hydroxylation is 1. The third kappa shape index (κ3) is 2.31. The lowest BCUT2D eigenvalue weighted by molar-refractivity contribution is 0.0489. The minimum atomic E-state index is -0.558. The van der Waals surface area contributed by atoms with E-state index in [1.54, 1.807) is 6.07 Å². The number of ether oxygens (including phenoxy) is 1. The first-order valence-corrected chi connectivity index (χ1v) is 6.77. The molecule has 2 heterocycles. The first-order chi connectivity index (χ1) is 8.65. The van der Waals surface area contributed by atoms with Crippen molar-refractivity contribution in [1.82, 2.24) is 4.98 Å². The maximum atomic E-state index is 11.8. The summed E-state index contributed by atoms with van der Waals surface area (Å²) in [5.41, 5.74) is 0.745. The summed E-state index contributed by atoms with van der Waals surface area (Å²) in [6.45, 7) is 4.20. The van der Waals surface area contributed by atoms with Crippen LogP contribution in [-0.2, 0) is 4.74 Å². The Bertz CT molecular complexity index is 577. The van der Waals surface area contributed by atoms with E-state index in [1.807, 2.05) is 19.2 Å².